The third-order valence-electron chi connectivity index (χ3n) is 1.33. The lowest BCUT2D eigenvalue weighted by molar-refractivity contribution is -0.136. The second-order valence-electron chi connectivity index (χ2n) is 2.26. The van der Waals surface area contributed by atoms with Crippen LogP contribution in [0, 0.1) is 0 Å². The lowest BCUT2D eigenvalue weighted by atomic mass is 10.4. The maximum Gasteiger partial charge on any atom is 0.371 e. The van der Waals surface area contributed by atoms with E-state index in [4.69, 9.17) is 9.84 Å². The van der Waals surface area contributed by atoms with Crippen LogP contribution in [0.4, 0.5) is 0 Å². The Morgan fingerprint density at radius 1 is 1.77 bits per heavy atom. The van der Waals surface area contributed by atoms with Crippen molar-refractivity contribution >= 4 is 23.4 Å². The van der Waals surface area contributed by atoms with Gasteiger partial charge in [-0.05, 0) is 18.4 Å². The van der Waals surface area contributed by atoms with Crippen LogP contribution in [0.5, 0.6) is 0 Å². The van der Waals surface area contributed by atoms with Gasteiger partial charge in [-0.15, -0.1) is 11.3 Å². The quantitative estimate of drug-likeness (QED) is 0.596. The molecule has 0 radical (unpaired) electrons. The molecule has 0 saturated heterocycles. The van der Waals surface area contributed by atoms with Gasteiger partial charge in [0.15, 0.2) is 0 Å². The molecule has 3 nitrogen and oxygen atoms in total. The predicted octanol–water partition coefficient (Wildman–Crippen LogP) is 2.21. The van der Waals surface area contributed by atoms with Gasteiger partial charge < -0.3 is 9.84 Å². The number of aliphatic carboxylic acids is 1. The van der Waals surface area contributed by atoms with Crippen LogP contribution in [0.3, 0.4) is 0 Å². The lowest BCUT2D eigenvalue weighted by Crippen LogP contribution is -2.04. The smallest absolute Gasteiger partial charge is 0.371 e. The Bertz CT molecular complexity index is 301. The Morgan fingerprint density at radius 3 is 3.00 bits per heavy atom. The molecule has 0 spiro atoms. The van der Waals surface area contributed by atoms with Gasteiger partial charge in [0.2, 0.25) is 5.76 Å². The van der Waals surface area contributed by atoms with E-state index >= 15 is 0 Å². The molecular formula is C9H10O3S. The summed E-state index contributed by atoms with van der Waals surface area (Å²) in [6.45, 7) is 2.12. The van der Waals surface area contributed by atoms with Gasteiger partial charge in [-0.25, -0.2) is 4.79 Å². The van der Waals surface area contributed by atoms with Gasteiger partial charge in [-0.3, -0.25) is 0 Å². The van der Waals surface area contributed by atoms with Crippen molar-refractivity contribution in [3.05, 3.63) is 28.1 Å². The van der Waals surface area contributed by atoms with Crippen molar-refractivity contribution < 1.29 is 14.6 Å². The first kappa shape index (κ1) is 9.80. The third-order valence-corrected chi connectivity index (χ3v) is 2.15. The molecule has 1 aromatic rings. The molecule has 1 rings (SSSR count). The molecule has 4 heteroatoms. The molecule has 0 aliphatic heterocycles. The average molecular weight is 198 g/mol. The second kappa shape index (κ2) is 4.67. The molecule has 0 atom stereocenters. The van der Waals surface area contributed by atoms with E-state index in [1.54, 1.807) is 6.92 Å². The summed E-state index contributed by atoms with van der Waals surface area (Å²) in [6, 6.07) is 3.70. The van der Waals surface area contributed by atoms with E-state index in [-0.39, 0.29) is 5.76 Å². The normalized spacial score (nSPS) is 11.3. The molecule has 0 aliphatic carbocycles. The average Bonchev–Trinajstić information content (AvgIpc) is 2.56. The van der Waals surface area contributed by atoms with Gasteiger partial charge in [-0.1, -0.05) is 6.07 Å². The number of rotatable bonds is 4. The fraction of sp³-hybridized carbons (Fsp3) is 0.222. The van der Waals surface area contributed by atoms with Crippen molar-refractivity contribution in [1.82, 2.24) is 0 Å². The number of carboxylic acid groups (broad SMARTS) is 1. The topological polar surface area (TPSA) is 46.5 Å². The molecule has 0 bridgehead atoms. The number of carboxylic acids is 1. The Hall–Kier alpha value is -1.29. The summed E-state index contributed by atoms with van der Waals surface area (Å²) in [7, 11) is 0. The number of thiophene rings is 1. The highest BCUT2D eigenvalue weighted by Crippen LogP contribution is 2.14. The van der Waals surface area contributed by atoms with Crippen LogP contribution in [0.25, 0.3) is 6.08 Å². The van der Waals surface area contributed by atoms with E-state index in [1.807, 2.05) is 17.5 Å². The summed E-state index contributed by atoms with van der Waals surface area (Å²) in [5, 5.41) is 10.6. The molecule has 0 saturated carbocycles. The van der Waals surface area contributed by atoms with Crippen LogP contribution in [0.15, 0.2) is 23.3 Å². The number of carbonyl (C=O) groups is 1. The van der Waals surface area contributed by atoms with E-state index in [2.05, 4.69) is 0 Å². The largest absolute Gasteiger partial charge is 0.487 e. The standard InChI is InChI=1S/C9H10O3S/c1-2-12-8(9(10)11)6-7-4-3-5-13-7/h3-6H,2H2,1H3,(H,10,11)/b8-6-. The van der Waals surface area contributed by atoms with E-state index in [1.165, 1.54) is 17.4 Å². The highest BCUT2D eigenvalue weighted by Gasteiger charge is 2.07. The van der Waals surface area contributed by atoms with Crippen LogP contribution in [-0.4, -0.2) is 17.7 Å². The van der Waals surface area contributed by atoms with E-state index in [9.17, 15) is 4.79 Å². The zero-order valence-corrected chi connectivity index (χ0v) is 8.00. The predicted molar refractivity (Wildman–Crippen MR) is 51.6 cm³/mol. The maximum absolute atomic E-state index is 10.6. The summed E-state index contributed by atoms with van der Waals surface area (Å²) in [6.07, 6.45) is 1.52. The van der Waals surface area contributed by atoms with E-state index in [0.717, 1.165) is 4.88 Å². The van der Waals surface area contributed by atoms with E-state index in [0.29, 0.717) is 6.61 Å². The van der Waals surface area contributed by atoms with Crippen molar-refractivity contribution in [3.63, 3.8) is 0 Å². The maximum atomic E-state index is 10.6. The molecular weight excluding hydrogens is 188 g/mol. The Labute approximate surface area is 80.3 Å². The van der Waals surface area contributed by atoms with Crippen molar-refractivity contribution in [1.29, 1.82) is 0 Å². The molecule has 0 amide bonds. The molecule has 1 aromatic heterocycles. The van der Waals surface area contributed by atoms with Gasteiger partial charge in [0.25, 0.3) is 0 Å². The van der Waals surface area contributed by atoms with Crippen LogP contribution < -0.4 is 0 Å². The molecule has 0 aliphatic rings. The van der Waals surface area contributed by atoms with Crippen molar-refractivity contribution in [2.75, 3.05) is 6.61 Å². The summed E-state index contributed by atoms with van der Waals surface area (Å²) < 4.78 is 4.94. The molecule has 13 heavy (non-hydrogen) atoms. The van der Waals surface area contributed by atoms with Crippen LogP contribution in [0.2, 0.25) is 0 Å². The highest BCUT2D eigenvalue weighted by atomic mass is 32.1. The van der Waals surface area contributed by atoms with Crippen LogP contribution in [0.1, 0.15) is 11.8 Å². The zero-order chi connectivity index (χ0) is 9.68. The first-order chi connectivity index (χ1) is 6.24. The molecule has 0 fully saturated rings. The summed E-state index contributed by atoms with van der Waals surface area (Å²) in [5.74, 6) is -1.04. The van der Waals surface area contributed by atoms with Crippen molar-refractivity contribution in [2.24, 2.45) is 0 Å². The minimum Gasteiger partial charge on any atom is -0.487 e. The summed E-state index contributed by atoms with van der Waals surface area (Å²) >= 11 is 1.47. The number of hydrogen-bond acceptors (Lipinski definition) is 3. The second-order valence-corrected chi connectivity index (χ2v) is 3.24. The first-order valence-electron chi connectivity index (χ1n) is 3.85. The Morgan fingerprint density at radius 2 is 2.54 bits per heavy atom. The van der Waals surface area contributed by atoms with Gasteiger partial charge in [0, 0.05) is 11.0 Å². The van der Waals surface area contributed by atoms with Crippen LogP contribution in [-0.2, 0) is 9.53 Å². The van der Waals surface area contributed by atoms with Gasteiger partial charge >= 0.3 is 5.97 Å². The lowest BCUT2D eigenvalue weighted by Gasteiger charge is -2.01. The molecule has 1 N–H and O–H groups in total. The molecule has 0 unspecified atom stereocenters. The fourth-order valence-electron chi connectivity index (χ4n) is 0.823. The van der Waals surface area contributed by atoms with Gasteiger partial charge in [-0.2, -0.15) is 0 Å². The Balaban J connectivity index is 2.80. The summed E-state index contributed by atoms with van der Waals surface area (Å²) in [5.41, 5.74) is 0. The number of ether oxygens (including phenoxy) is 1. The zero-order valence-electron chi connectivity index (χ0n) is 7.19. The van der Waals surface area contributed by atoms with Gasteiger partial charge in [0.1, 0.15) is 0 Å². The monoisotopic (exact) mass is 198 g/mol. The molecule has 1 heterocycles. The van der Waals surface area contributed by atoms with Crippen LogP contribution >= 0.6 is 11.3 Å². The highest BCUT2D eigenvalue weighted by molar-refractivity contribution is 7.10. The number of hydrogen-bond donors (Lipinski definition) is 1. The minimum atomic E-state index is -1.03. The third kappa shape index (κ3) is 2.91. The first-order valence-corrected chi connectivity index (χ1v) is 4.73. The van der Waals surface area contributed by atoms with Crippen molar-refractivity contribution in [2.45, 2.75) is 6.92 Å². The SMILES string of the molecule is CCO/C(=C\c1cccs1)C(=O)O. The van der Waals surface area contributed by atoms with Crippen molar-refractivity contribution in [3.8, 4) is 0 Å². The Kier molecular flexibility index (Phi) is 3.52. The minimum absolute atomic E-state index is 0.00931. The fourth-order valence-corrected chi connectivity index (χ4v) is 1.47. The molecule has 0 aromatic carbocycles. The van der Waals surface area contributed by atoms with Gasteiger partial charge in [0.05, 0.1) is 6.61 Å². The summed E-state index contributed by atoms with van der Waals surface area (Å²) in [4.78, 5) is 11.5. The van der Waals surface area contributed by atoms with E-state index < -0.39 is 5.97 Å². The molecule has 70 valence electrons.